The van der Waals surface area contributed by atoms with Crippen LogP contribution in [-0.4, -0.2) is 83.9 Å². The van der Waals surface area contributed by atoms with Crippen LogP contribution in [-0.2, 0) is 19.5 Å². The Balaban J connectivity index is 1.64. The number of hydroxylamine groups is 2. The quantitative estimate of drug-likeness (QED) is 0.336. The molecule has 26 heavy (non-hydrogen) atoms. The van der Waals surface area contributed by atoms with Crippen molar-refractivity contribution in [3.8, 4) is 0 Å². The van der Waals surface area contributed by atoms with Gasteiger partial charge in [0.1, 0.15) is 5.84 Å². The summed E-state index contributed by atoms with van der Waals surface area (Å²) >= 11 is 0. The smallest absolute Gasteiger partial charge is 0.312 e. The van der Waals surface area contributed by atoms with Gasteiger partial charge in [0.2, 0.25) is 5.91 Å². The Labute approximate surface area is 151 Å². The van der Waals surface area contributed by atoms with Crippen LogP contribution in [0.4, 0.5) is 4.79 Å². The molecule has 0 radical (unpaired) electrons. The van der Waals surface area contributed by atoms with E-state index in [4.69, 9.17) is 9.96 Å². The SMILES string of the molecule is CN1CCCCC1C(=O)NC(=N)[C@@H]1CC[C@@H]2CN1C(=O)N2OS(=O)(=O)O. The van der Waals surface area contributed by atoms with Crippen LogP contribution in [0.1, 0.15) is 32.1 Å². The summed E-state index contributed by atoms with van der Waals surface area (Å²) in [7, 11) is -2.94. The highest BCUT2D eigenvalue weighted by molar-refractivity contribution is 7.80. The van der Waals surface area contributed by atoms with Gasteiger partial charge in [-0.25, -0.2) is 4.79 Å². The summed E-state index contributed by atoms with van der Waals surface area (Å²) in [5.41, 5.74) is 0. The van der Waals surface area contributed by atoms with Crippen molar-refractivity contribution in [2.75, 3.05) is 20.1 Å². The van der Waals surface area contributed by atoms with E-state index < -0.39 is 28.5 Å². The highest BCUT2D eigenvalue weighted by Crippen LogP contribution is 2.30. The molecule has 0 aromatic rings. The first-order chi connectivity index (χ1) is 12.2. The van der Waals surface area contributed by atoms with Gasteiger partial charge in [0.05, 0.1) is 18.1 Å². The standard InChI is InChI=1S/C14H23N5O6S/c1-17-7-3-2-4-11(17)13(20)16-12(15)10-6-5-9-8-18(10)14(21)19(9)25-26(22,23)24/h9-11H,2-8H2,1H3,(H2,15,16,20)(H,22,23,24)/t9-,10+,11?/m1/s1. The van der Waals surface area contributed by atoms with Crippen LogP contribution in [0, 0.1) is 5.41 Å². The first-order valence-corrected chi connectivity index (χ1v) is 9.90. The van der Waals surface area contributed by atoms with Crippen LogP contribution in [0.2, 0.25) is 0 Å². The van der Waals surface area contributed by atoms with Crippen molar-refractivity contribution < 1.29 is 26.8 Å². The number of likely N-dealkylation sites (N-methyl/N-ethyl adjacent to an activating group) is 1. The van der Waals surface area contributed by atoms with Crippen molar-refractivity contribution in [3.05, 3.63) is 0 Å². The molecule has 0 aromatic carbocycles. The Morgan fingerprint density at radius 1 is 1.27 bits per heavy atom. The average Bonchev–Trinajstić information content (AvgIpc) is 2.78. The second kappa shape index (κ2) is 7.10. The monoisotopic (exact) mass is 389 g/mol. The van der Waals surface area contributed by atoms with E-state index in [1.165, 1.54) is 4.90 Å². The summed E-state index contributed by atoms with van der Waals surface area (Å²) in [6, 6.07) is -2.22. The predicted molar refractivity (Wildman–Crippen MR) is 89.5 cm³/mol. The number of piperidine rings is 2. The van der Waals surface area contributed by atoms with Crippen molar-refractivity contribution in [2.24, 2.45) is 0 Å². The topological polar surface area (TPSA) is 143 Å². The van der Waals surface area contributed by atoms with Crippen LogP contribution >= 0.6 is 0 Å². The molecule has 0 saturated carbocycles. The first-order valence-electron chi connectivity index (χ1n) is 8.54. The molecule has 3 aliphatic heterocycles. The largest absolute Gasteiger partial charge is 0.418 e. The number of urea groups is 1. The van der Waals surface area contributed by atoms with E-state index in [9.17, 15) is 18.0 Å². The first kappa shape index (κ1) is 19.0. The number of hydrogen-bond donors (Lipinski definition) is 3. The van der Waals surface area contributed by atoms with Crippen LogP contribution in [0.5, 0.6) is 0 Å². The third-order valence-electron chi connectivity index (χ3n) is 5.16. The zero-order valence-electron chi connectivity index (χ0n) is 14.4. The minimum absolute atomic E-state index is 0.0884. The van der Waals surface area contributed by atoms with Gasteiger partial charge >= 0.3 is 16.4 Å². The molecule has 0 aliphatic carbocycles. The Hall–Kier alpha value is -1.76. The second-order valence-corrected chi connectivity index (χ2v) is 7.91. The number of rotatable bonds is 4. The molecule has 3 rings (SSSR count). The number of nitrogens with one attached hydrogen (secondary N) is 2. The minimum atomic E-state index is -4.81. The van der Waals surface area contributed by atoms with Crippen molar-refractivity contribution in [3.63, 3.8) is 0 Å². The summed E-state index contributed by atoms with van der Waals surface area (Å²) in [6.45, 7) is 0.990. The Kier molecular flexibility index (Phi) is 5.19. The van der Waals surface area contributed by atoms with Crippen molar-refractivity contribution in [1.82, 2.24) is 20.2 Å². The molecule has 3 atom stereocenters. The lowest BCUT2D eigenvalue weighted by Crippen LogP contribution is -2.55. The molecule has 3 saturated heterocycles. The zero-order valence-corrected chi connectivity index (χ0v) is 15.2. The number of nitrogens with zero attached hydrogens (tertiary/aromatic N) is 3. The Morgan fingerprint density at radius 2 is 2.00 bits per heavy atom. The number of fused-ring (bicyclic) bond motifs is 2. The molecule has 0 spiro atoms. The van der Waals surface area contributed by atoms with E-state index >= 15 is 0 Å². The molecule has 3 fully saturated rings. The Bertz CT molecular complexity index is 713. The van der Waals surface area contributed by atoms with E-state index in [1.54, 1.807) is 0 Å². The summed E-state index contributed by atoms with van der Waals surface area (Å²) in [6.07, 6.45) is 3.49. The van der Waals surface area contributed by atoms with Crippen LogP contribution in [0.3, 0.4) is 0 Å². The molecular weight excluding hydrogens is 366 g/mol. The van der Waals surface area contributed by atoms with Crippen molar-refractivity contribution >= 4 is 28.2 Å². The maximum Gasteiger partial charge on any atom is 0.418 e. The fourth-order valence-corrected chi connectivity index (χ4v) is 4.23. The van der Waals surface area contributed by atoms with Gasteiger partial charge in [-0.1, -0.05) is 6.42 Å². The van der Waals surface area contributed by atoms with Crippen LogP contribution in [0.25, 0.3) is 0 Å². The maximum absolute atomic E-state index is 12.5. The Morgan fingerprint density at radius 3 is 2.65 bits per heavy atom. The molecule has 3 N–H and O–H groups in total. The van der Waals surface area contributed by atoms with Gasteiger partial charge in [-0.3, -0.25) is 19.7 Å². The predicted octanol–water partition coefficient (Wildman–Crippen LogP) is -0.433. The van der Waals surface area contributed by atoms with Gasteiger partial charge in [-0.05, 0) is 39.3 Å². The van der Waals surface area contributed by atoms with Crippen LogP contribution < -0.4 is 5.32 Å². The molecule has 11 nitrogen and oxygen atoms in total. The number of amidine groups is 1. The van der Waals surface area contributed by atoms with Crippen molar-refractivity contribution in [1.29, 1.82) is 5.41 Å². The number of likely N-dealkylation sites (tertiary alicyclic amines) is 1. The lowest BCUT2D eigenvalue weighted by atomic mass is 9.99. The van der Waals surface area contributed by atoms with E-state index in [0.717, 1.165) is 25.8 Å². The number of carbonyl (C=O) groups is 2. The maximum atomic E-state index is 12.5. The van der Waals surface area contributed by atoms with Gasteiger partial charge in [-0.15, -0.1) is 4.28 Å². The van der Waals surface area contributed by atoms with Gasteiger partial charge < -0.3 is 10.2 Å². The zero-order chi connectivity index (χ0) is 19.1. The summed E-state index contributed by atoms with van der Waals surface area (Å²) in [5.74, 6) is -0.355. The number of carbonyl (C=O) groups excluding carboxylic acids is 2. The summed E-state index contributed by atoms with van der Waals surface area (Å²) in [4.78, 5) is 28.0. The lowest BCUT2D eigenvalue weighted by molar-refractivity contribution is -0.125. The molecule has 146 valence electrons. The van der Waals surface area contributed by atoms with E-state index in [2.05, 4.69) is 9.60 Å². The van der Waals surface area contributed by atoms with Gasteiger partial charge in [0.25, 0.3) is 0 Å². The lowest BCUT2D eigenvalue weighted by Gasteiger charge is -2.34. The normalized spacial score (nSPS) is 29.8. The van der Waals surface area contributed by atoms with Crippen LogP contribution in [0.15, 0.2) is 0 Å². The van der Waals surface area contributed by atoms with Gasteiger partial charge in [-0.2, -0.15) is 13.5 Å². The molecule has 1 unspecified atom stereocenters. The second-order valence-electron chi connectivity index (χ2n) is 6.91. The molecule has 3 heterocycles. The molecule has 0 aromatic heterocycles. The van der Waals surface area contributed by atoms with E-state index in [0.29, 0.717) is 17.9 Å². The fourth-order valence-electron chi connectivity index (χ4n) is 3.84. The third-order valence-corrected chi connectivity index (χ3v) is 5.51. The van der Waals surface area contributed by atoms with E-state index in [1.807, 2.05) is 11.9 Å². The molecule has 3 amide bonds. The number of hydrogen-bond acceptors (Lipinski definition) is 7. The molecule has 2 bridgehead atoms. The fraction of sp³-hybridized carbons (Fsp3) is 0.786. The minimum Gasteiger partial charge on any atom is -0.312 e. The highest BCUT2D eigenvalue weighted by Gasteiger charge is 2.48. The average molecular weight is 389 g/mol. The summed E-state index contributed by atoms with van der Waals surface area (Å²) in [5, 5.41) is 11.4. The summed E-state index contributed by atoms with van der Waals surface area (Å²) < 4.78 is 35.0. The molecular formula is C14H23N5O6S. The van der Waals surface area contributed by atoms with E-state index in [-0.39, 0.29) is 24.3 Å². The molecule has 12 heteroatoms. The highest BCUT2D eigenvalue weighted by atomic mass is 32.3. The van der Waals surface area contributed by atoms with Crippen molar-refractivity contribution in [2.45, 2.75) is 50.2 Å². The van der Waals surface area contributed by atoms with Gasteiger partial charge in [0, 0.05) is 6.54 Å². The third kappa shape index (κ3) is 3.82. The molecule has 3 aliphatic rings. The van der Waals surface area contributed by atoms with Gasteiger partial charge in [0.15, 0.2) is 0 Å². The number of amides is 3.